The molecular weight excluding hydrogens is 268 g/mol. The van der Waals surface area contributed by atoms with Gasteiger partial charge in [0.2, 0.25) is 0 Å². The number of aryl methyl sites for hydroxylation is 1. The number of hydrogen-bond donors (Lipinski definition) is 0. The number of rotatable bonds is 2. The van der Waals surface area contributed by atoms with E-state index >= 15 is 0 Å². The largest absolute Gasteiger partial charge is 0.250 e. The van der Waals surface area contributed by atoms with Crippen LogP contribution < -0.4 is 0 Å². The molecule has 0 saturated heterocycles. The highest BCUT2D eigenvalue weighted by atomic mass is 79.9. The summed E-state index contributed by atoms with van der Waals surface area (Å²) in [4.78, 5) is 8.59. The molecule has 4 nitrogen and oxygen atoms in total. The second kappa shape index (κ2) is 4.33. The van der Waals surface area contributed by atoms with E-state index in [0.29, 0.717) is 5.95 Å². The quantitative estimate of drug-likeness (QED) is 0.794. The Bertz CT molecular complexity index is 501. The van der Waals surface area contributed by atoms with Gasteiger partial charge in [-0.3, -0.25) is 0 Å². The lowest BCUT2D eigenvalue weighted by Gasteiger charge is -2.02. The number of aromatic nitrogens is 4. The van der Waals surface area contributed by atoms with Crippen LogP contribution in [0.5, 0.6) is 0 Å². The van der Waals surface area contributed by atoms with Gasteiger partial charge in [0.25, 0.3) is 5.95 Å². The fourth-order valence-corrected chi connectivity index (χ4v) is 1.73. The molecule has 0 amide bonds. The average molecular weight is 281 g/mol. The van der Waals surface area contributed by atoms with Crippen molar-refractivity contribution >= 4 is 15.9 Å². The highest BCUT2D eigenvalue weighted by molar-refractivity contribution is 9.08. The van der Waals surface area contributed by atoms with E-state index in [1.807, 2.05) is 26.2 Å². The van der Waals surface area contributed by atoms with Crippen LogP contribution >= 0.6 is 15.9 Å². The summed E-state index contributed by atoms with van der Waals surface area (Å²) in [6, 6.07) is 0. The number of halogens is 1. The van der Waals surface area contributed by atoms with Crippen LogP contribution in [0.2, 0.25) is 0 Å². The molecule has 2 heterocycles. The molecule has 84 valence electrons. The summed E-state index contributed by atoms with van der Waals surface area (Å²) in [5, 5.41) is 5.18. The Morgan fingerprint density at radius 3 is 2.25 bits per heavy atom. The Morgan fingerprint density at radius 1 is 1.19 bits per heavy atom. The molecule has 16 heavy (non-hydrogen) atoms. The van der Waals surface area contributed by atoms with E-state index in [2.05, 4.69) is 37.9 Å². The maximum absolute atomic E-state index is 4.42. The van der Waals surface area contributed by atoms with Gasteiger partial charge in [-0.25, -0.2) is 14.6 Å². The SMILES string of the molecule is Cc1nn(-c2ncc(CBr)cn2)c(C)c1C. The minimum atomic E-state index is 0.624. The topological polar surface area (TPSA) is 43.6 Å². The summed E-state index contributed by atoms with van der Waals surface area (Å²) in [6.45, 7) is 6.07. The van der Waals surface area contributed by atoms with Crippen LogP contribution in [0.3, 0.4) is 0 Å². The van der Waals surface area contributed by atoms with Gasteiger partial charge in [-0.15, -0.1) is 0 Å². The molecule has 0 aliphatic rings. The van der Waals surface area contributed by atoms with Gasteiger partial charge in [0.15, 0.2) is 0 Å². The maximum atomic E-state index is 4.42. The van der Waals surface area contributed by atoms with E-state index in [1.165, 1.54) is 5.56 Å². The normalized spacial score (nSPS) is 10.8. The standard InChI is InChI=1S/C11H13BrN4/c1-7-8(2)15-16(9(7)3)11-13-5-10(4-12)6-14-11/h5-6H,4H2,1-3H3. The smallest absolute Gasteiger partial charge is 0.219 e. The maximum Gasteiger partial charge on any atom is 0.250 e. The zero-order chi connectivity index (χ0) is 11.7. The average Bonchev–Trinajstić information content (AvgIpc) is 2.57. The fourth-order valence-electron chi connectivity index (χ4n) is 1.44. The number of alkyl halides is 1. The van der Waals surface area contributed by atoms with Crippen LogP contribution in [0.1, 0.15) is 22.5 Å². The van der Waals surface area contributed by atoms with Crippen LogP contribution in [0.4, 0.5) is 0 Å². The first kappa shape index (κ1) is 11.3. The van der Waals surface area contributed by atoms with Crippen molar-refractivity contribution in [3.8, 4) is 5.95 Å². The summed E-state index contributed by atoms with van der Waals surface area (Å²) < 4.78 is 1.78. The molecule has 0 radical (unpaired) electrons. The summed E-state index contributed by atoms with van der Waals surface area (Å²) in [7, 11) is 0. The number of hydrogen-bond acceptors (Lipinski definition) is 3. The summed E-state index contributed by atoms with van der Waals surface area (Å²) in [6.07, 6.45) is 3.62. The van der Waals surface area contributed by atoms with E-state index in [9.17, 15) is 0 Å². The van der Waals surface area contributed by atoms with Crippen LogP contribution in [0.25, 0.3) is 5.95 Å². The van der Waals surface area contributed by atoms with Crippen molar-refractivity contribution in [1.82, 2.24) is 19.7 Å². The first-order valence-electron chi connectivity index (χ1n) is 5.03. The molecule has 0 N–H and O–H groups in total. The molecule has 2 aromatic heterocycles. The second-order valence-electron chi connectivity index (χ2n) is 3.73. The molecule has 0 saturated carbocycles. The highest BCUT2D eigenvalue weighted by Gasteiger charge is 2.10. The van der Waals surface area contributed by atoms with Crippen molar-refractivity contribution in [2.24, 2.45) is 0 Å². The van der Waals surface area contributed by atoms with Gasteiger partial charge in [-0.2, -0.15) is 5.10 Å². The Morgan fingerprint density at radius 2 is 1.81 bits per heavy atom. The fraction of sp³-hybridized carbons (Fsp3) is 0.364. The van der Waals surface area contributed by atoms with Gasteiger partial charge in [-0.1, -0.05) is 15.9 Å². The number of nitrogens with zero attached hydrogens (tertiary/aromatic N) is 4. The molecule has 0 aliphatic carbocycles. The molecule has 2 aromatic rings. The van der Waals surface area contributed by atoms with Gasteiger partial charge in [-0.05, 0) is 31.9 Å². The summed E-state index contributed by atoms with van der Waals surface area (Å²) >= 11 is 3.37. The molecule has 5 heteroatoms. The zero-order valence-corrected chi connectivity index (χ0v) is 11.1. The van der Waals surface area contributed by atoms with Crippen LogP contribution in [0, 0.1) is 20.8 Å². The molecule has 0 fully saturated rings. The molecule has 0 bridgehead atoms. The lowest BCUT2D eigenvalue weighted by atomic mass is 10.2. The monoisotopic (exact) mass is 280 g/mol. The van der Waals surface area contributed by atoms with Gasteiger partial charge in [0.1, 0.15) is 0 Å². The van der Waals surface area contributed by atoms with E-state index < -0.39 is 0 Å². The predicted octanol–water partition coefficient (Wildman–Crippen LogP) is 2.48. The molecular formula is C11H13BrN4. The lowest BCUT2D eigenvalue weighted by Crippen LogP contribution is -2.05. The van der Waals surface area contributed by atoms with Gasteiger partial charge in [0.05, 0.1) is 5.69 Å². The zero-order valence-electron chi connectivity index (χ0n) is 9.53. The molecule has 0 aliphatic heterocycles. The van der Waals surface area contributed by atoms with Crippen LogP contribution in [0.15, 0.2) is 12.4 Å². The van der Waals surface area contributed by atoms with Crippen molar-refractivity contribution in [3.63, 3.8) is 0 Å². The third kappa shape index (κ3) is 1.87. The molecule has 0 aromatic carbocycles. The molecule has 0 spiro atoms. The van der Waals surface area contributed by atoms with E-state index in [4.69, 9.17) is 0 Å². The van der Waals surface area contributed by atoms with Crippen molar-refractivity contribution in [3.05, 3.63) is 34.9 Å². The Balaban J connectivity index is 2.46. The molecule has 0 unspecified atom stereocenters. The Kier molecular flexibility index (Phi) is 3.05. The van der Waals surface area contributed by atoms with Crippen molar-refractivity contribution in [1.29, 1.82) is 0 Å². The molecule has 2 rings (SSSR count). The summed E-state index contributed by atoms with van der Waals surface area (Å²) in [5.74, 6) is 0.624. The first-order valence-corrected chi connectivity index (χ1v) is 6.15. The van der Waals surface area contributed by atoms with Crippen LogP contribution in [-0.2, 0) is 5.33 Å². The van der Waals surface area contributed by atoms with E-state index in [0.717, 1.165) is 22.3 Å². The predicted molar refractivity (Wildman–Crippen MR) is 66.0 cm³/mol. The Hall–Kier alpha value is -1.23. The Labute approximate surface area is 103 Å². The lowest BCUT2D eigenvalue weighted by molar-refractivity contribution is 0.771. The highest BCUT2D eigenvalue weighted by Crippen LogP contribution is 2.14. The van der Waals surface area contributed by atoms with Crippen molar-refractivity contribution in [2.75, 3.05) is 0 Å². The molecule has 0 atom stereocenters. The van der Waals surface area contributed by atoms with Crippen molar-refractivity contribution < 1.29 is 0 Å². The van der Waals surface area contributed by atoms with Crippen molar-refractivity contribution in [2.45, 2.75) is 26.1 Å². The minimum absolute atomic E-state index is 0.624. The van der Waals surface area contributed by atoms with E-state index in [-0.39, 0.29) is 0 Å². The first-order chi connectivity index (χ1) is 7.63. The minimum Gasteiger partial charge on any atom is -0.219 e. The van der Waals surface area contributed by atoms with Gasteiger partial charge in [0, 0.05) is 23.4 Å². The van der Waals surface area contributed by atoms with Crippen LogP contribution in [-0.4, -0.2) is 19.7 Å². The van der Waals surface area contributed by atoms with E-state index in [1.54, 1.807) is 4.68 Å². The summed E-state index contributed by atoms with van der Waals surface area (Å²) in [5.41, 5.74) is 4.35. The third-order valence-corrected chi connectivity index (χ3v) is 3.34. The van der Waals surface area contributed by atoms with Gasteiger partial charge < -0.3 is 0 Å². The third-order valence-electron chi connectivity index (χ3n) is 2.69. The second-order valence-corrected chi connectivity index (χ2v) is 4.29. The van der Waals surface area contributed by atoms with Gasteiger partial charge >= 0.3 is 0 Å².